The maximum atomic E-state index is 16.0. The lowest BCUT2D eigenvalue weighted by molar-refractivity contribution is -0.150. The fourth-order valence-corrected chi connectivity index (χ4v) is 13.7. The number of carbonyl (C=O) groups excluding carboxylic acids is 8. The number of carbonyl (C=O) groups is 9. The van der Waals surface area contributed by atoms with E-state index in [2.05, 4.69) is 55.6 Å². The number of aromatic nitrogens is 1. The van der Waals surface area contributed by atoms with Crippen molar-refractivity contribution in [2.45, 2.75) is 221 Å². The molecule has 1 aliphatic heterocycles. The van der Waals surface area contributed by atoms with Gasteiger partial charge in [-0.25, -0.2) is 14.2 Å². The number of halogens is 1. The minimum atomic E-state index is -1.36. The summed E-state index contributed by atoms with van der Waals surface area (Å²) in [5.74, 6) is 1.85. The largest absolute Gasteiger partial charge is 0.481 e. The molecule has 0 unspecified atom stereocenters. The van der Waals surface area contributed by atoms with Crippen molar-refractivity contribution in [2.24, 2.45) is 40.9 Å². The zero-order valence-corrected chi connectivity index (χ0v) is 62.6. The number of hydrogen-bond donors (Lipinski definition) is 7. The first-order valence-electron chi connectivity index (χ1n) is 36.5. The van der Waals surface area contributed by atoms with Crippen molar-refractivity contribution < 1.29 is 81.1 Å². The Kier molecular flexibility index (Phi) is 36.9. The van der Waals surface area contributed by atoms with Crippen molar-refractivity contribution in [1.29, 1.82) is 0 Å². The van der Waals surface area contributed by atoms with Crippen LogP contribution < -0.4 is 31.9 Å². The molecule has 0 bridgehead atoms. The third kappa shape index (κ3) is 29.1. The number of aliphatic carboxylic acids is 1. The molecular weight excluding hydrogens is 1320 g/mol. The summed E-state index contributed by atoms with van der Waals surface area (Å²) in [4.78, 5) is 129. The summed E-state index contributed by atoms with van der Waals surface area (Å²) in [6.07, 6.45) is 9.33. The monoisotopic (exact) mass is 1440 g/mol. The van der Waals surface area contributed by atoms with Crippen molar-refractivity contribution in [3.05, 3.63) is 45.7 Å². The van der Waals surface area contributed by atoms with Crippen LogP contribution in [0.1, 0.15) is 200 Å². The number of nitrogens with zero attached hydrogens (tertiary/aromatic N) is 3. The van der Waals surface area contributed by atoms with Crippen LogP contribution in [0.3, 0.4) is 0 Å². The van der Waals surface area contributed by atoms with Gasteiger partial charge >= 0.3 is 18.0 Å². The van der Waals surface area contributed by atoms with Crippen LogP contribution >= 0.6 is 11.3 Å². The quantitative estimate of drug-likeness (QED) is 0.0185. The topological polar surface area (TPSA) is 321 Å². The molecule has 2 aliphatic carbocycles. The summed E-state index contributed by atoms with van der Waals surface area (Å²) in [5.41, 5.74) is -1.26. The Morgan fingerprint density at radius 1 is 0.792 bits per heavy atom. The van der Waals surface area contributed by atoms with Gasteiger partial charge in [0.15, 0.2) is 6.10 Å². The molecule has 11 atom stereocenters. The van der Waals surface area contributed by atoms with Crippen LogP contribution in [-0.4, -0.2) is 196 Å². The van der Waals surface area contributed by atoms with Gasteiger partial charge in [0.25, 0.3) is 5.91 Å². The van der Waals surface area contributed by atoms with Crippen LogP contribution in [-0.2, 0) is 68.4 Å². The summed E-state index contributed by atoms with van der Waals surface area (Å²) in [6.45, 7) is 23.4. The molecule has 1 saturated carbocycles. The van der Waals surface area contributed by atoms with Crippen molar-refractivity contribution in [2.75, 3.05) is 91.5 Å². The molecule has 1 saturated heterocycles. The van der Waals surface area contributed by atoms with Gasteiger partial charge in [-0.05, 0) is 133 Å². The Bertz CT molecular complexity index is 3030. The SMILES string of the molecule is CCCCCCN(C(=O)[C@@H](NC(=O)[C@H]1CCCCN1C)[C@@H](C)CC)[C@H](C[C@@H](OC(C)=O)c1nc(C(=O)N[C@@H](Cc2ccc(NC(=O)[C@H](C)NC(=O)[C@@H](NC(=O)CCOCCOCCOCCOCCNC(=O)OC[C@@H]3[C@@H]4CCC#CCC[C@@H]43)C(C)C)c(F)c2)CC(C)(C)C(=O)O)cs1)C(C)C. The van der Waals surface area contributed by atoms with Crippen LogP contribution in [0.2, 0.25) is 0 Å². The Morgan fingerprint density at radius 3 is 2.04 bits per heavy atom. The number of fused-ring (bicyclic) bond motifs is 1. The molecule has 0 radical (unpaired) electrons. The van der Waals surface area contributed by atoms with Crippen molar-refractivity contribution in [1.82, 2.24) is 41.4 Å². The van der Waals surface area contributed by atoms with Gasteiger partial charge in [0.05, 0.1) is 76.6 Å². The van der Waals surface area contributed by atoms with E-state index in [-0.39, 0.29) is 92.5 Å². The van der Waals surface area contributed by atoms with E-state index in [1.807, 2.05) is 44.5 Å². The van der Waals surface area contributed by atoms with Crippen molar-refractivity contribution in [3.63, 3.8) is 0 Å². The molecule has 2 aromatic rings. The number of anilines is 1. The van der Waals surface area contributed by atoms with Gasteiger partial charge < -0.3 is 70.3 Å². The summed E-state index contributed by atoms with van der Waals surface area (Å²) < 4.78 is 49.5. The molecule has 2 heterocycles. The molecular formula is C74H116FN9O16S. The molecule has 2 fully saturated rings. The number of alkyl carbamates (subject to hydrolysis) is 1. The number of carboxylic acid groups (broad SMARTS) is 1. The zero-order valence-electron chi connectivity index (χ0n) is 61.8. The Hall–Kier alpha value is -6.83. The smallest absolute Gasteiger partial charge is 0.407 e. The number of rotatable bonds is 46. The minimum Gasteiger partial charge on any atom is -0.481 e. The second-order valence-corrected chi connectivity index (χ2v) is 29.3. The van der Waals surface area contributed by atoms with Crippen LogP contribution in [0.5, 0.6) is 0 Å². The molecule has 1 aromatic carbocycles. The number of benzene rings is 1. The van der Waals surface area contributed by atoms with Gasteiger partial charge in [-0.15, -0.1) is 23.2 Å². The summed E-state index contributed by atoms with van der Waals surface area (Å²) in [6, 6.07) is -0.717. The van der Waals surface area contributed by atoms with E-state index in [0.717, 1.165) is 81.7 Å². The highest BCUT2D eigenvalue weighted by Gasteiger charge is 2.49. The van der Waals surface area contributed by atoms with E-state index in [9.17, 15) is 43.5 Å². The number of esters is 1. The van der Waals surface area contributed by atoms with Crippen molar-refractivity contribution in [3.8, 4) is 11.8 Å². The van der Waals surface area contributed by atoms with E-state index in [0.29, 0.717) is 100 Å². The number of amides is 7. The van der Waals surface area contributed by atoms with E-state index in [4.69, 9.17) is 28.4 Å². The highest BCUT2D eigenvalue weighted by Crippen LogP contribution is 2.52. The van der Waals surface area contributed by atoms with Crippen molar-refractivity contribution >= 4 is 70.5 Å². The maximum Gasteiger partial charge on any atom is 0.407 e. The number of hydrogen-bond acceptors (Lipinski definition) is 18. The standard InChI is InChI=1S/C74H116FN9O16S/c1-13-15-16-22-32-84(71(91)65(49(7)14-2)82-68(89)60-26-21-23-31-83(60)12)61(47(3)4)43-62(100-51(9)85)70-80-59(46-101-70)67(88)78-53(44-74(10,11)72(92)93)41-52-27-28-58(57(75)42-52)79-66(87)50(8)77-69(90)64(48(5)6)81-63(86)29-33-95-35-37-97-39-40-98-38-36-96-34-30-76-73(94)99-45-56-54-24-19-17-18-20-25-55(54)56/h27-28,42,46-50,53-56,60-62,64-65H,13-16,19-26,29-41,43-45H2,1-12H3,(H,76,94)(H,77,90)(H,78,88)(H,79,87)(H,81,86)(H,82,89)(H,92,93)/t49-,50-,53-,54-,55+,56-,60+,61+,62+,64-,65-/m0/s1. The third-order valence-electron chi connectivity index (χ3n) is 19.2. The first kappa shape index (κ1) is 84.8. The number of ether oxygens (including phenoxy) is 6. The van der Waals surface area contributed by atoms with Gasteiger partial charge in [0, 0.05) is 63.2 Å². The maximum absolute atomic E-state index is 16.0. The lowest BCUT2D eigenvalue weighted by atomic mass is 9.84. The number of likely N-dealkylation sites (N-methyl/N-ethyl adjacent to an activating group) is 1. The Labute approximate surface area is 601 Å². The van der Waals surface area contributed by atoms with Gasteiger partial charge in [-0.2, -0.15) is 0 Å². The summed E-state index contributed by atoms with van der Waals surface area (Å²) in [7, 11) is 1.93. The number of piperidine rings is 1. The number of nitrogens with one attached hydrogen (secondary N) is 6. The molecule has 7 amide bonds. The number of unbranched alkanes of at least 4 members (excludes halogenated alkanes) is 3. The fourth-order valence-electron chi connectivity index (χ4n) is 12.8. The molecule has 566 valence electrons. The molecule has 5 rings (SSSR count). The molecule has 1 aromatic heterocycles. The molecule has 27 heteroatoms. The first-order chi connectivity index (χ1) is 48.1. The number of carboxylic acids is 1. The van der Waals surface area contributed by atoms with Gasteiger partial charge in [0.1, 0.15) is 34.6 Å². The molecule has 3 aliphatic rings. The molecule has 7 N–H and O–H groups in total. The highest BCUT2D eigenvalue weighted by molar-refractivity contribution is 7.09. The summed E-state index contributed by atoms with van der Waals surface area (Å²) >= 11 is 1.09. The predicted molar refractivity (Wildman–Crippen MR) is 382 cm³/mol. The van der Waals surface area contributed by atoms with Gasteiger partial charge in [0.2, 0.25) is 29.5 Å². The summed E-state index contributed by atoms with van der Waals surface area (Å²) in [5, 5.41) is 28.6. The van der Waals surface area contributed by atoms with Crippen LogP contribution in [0, 0.1) is 58.6 Å². The molecule has 101 heavy (non-hydrogen) atoms. The second kappa shape index (κ2) is 44.0. The number of thiazole rings is 1. The lowest BCUT2D eigenvalue weighted by Crippen LogP contribution is -2.59. The average Bonchev–Trinajstić information content (AvgIpc) is 1.64. The molecule has 0 spiro atoms. The Balaban J connectivity index is 1.08. The van der Waals surface area contributed by atoms with E-state index < -0.39 is 89.2 Å². The Morgan fingerprint density at radius 2 is 1.45 bits per heavy atom. The predicted octanol–water partition coefficient (Wildman–Crippen LogP) is 8.77. The van der Waals surface area contributed by atoms with Gasteiger partial charge in [-0.1, -0.05) is 86.6 Å². The second-order valence-electron chi connectivity index (χ2n) is 28.4. The van der Waals surface area contributed by atoms with E-state index in [1.54, 1.807) is 13.8 Å². The van der Waals surface area contributed by atoms with Crippen LogP contribution in [0.4, 0.5) is 14.9 Å². The zero-order chi connectivity index (χ0) is 74.2. The lowest BCUT2D eigenvalue weighted by Gasteiger charge is -2.40. The normalized spacial score (nSPS) is 18.8. The average molecular weight is 1440 g/mol. The highest BCUT2D eigenvalue weighted by atomic mass is 32.1. The minimum absolute atomic E-state index is 0.0403. The van der Waals surface area contributed by atoms with Gasteiger partial charge in [-0.3, -0.25) is 43.3 Å². The fraction of sp³-hybridized carbons (Fsp3) is 0.730. The van der Waals surface area contributed by atoms with Crippen LogP contribution in [0.15, 0.2) is 23.6 Å². The first-order valence-corrected chi connectivity index (χ1v) is 37.4. The molecule has 25 nitrogen and oxygen atoms in total. The van der Waals surface area contributed by atoms with E-state index in [1.165, 1.54) is 45.2 Å². The van der Waals surface area contributed by atoms with E-state index >= 15 is 9.18 Å². The third-order valence-corrected chi connectivity index (χ3v) is 20.1. The number of likely N-dealkylation sites (tertiary alicyclic amines) is 1. The van der Waals surface area contributed by atoms with Crippen LogP contribution in [0.25, 0.3) is 0 Å².